The Balaban J connectivity index is 2.24. The first-order valence-electron chi connectivity index (χ1n) is 6.22. The van der Waals surface area contributed by atoms with Crippen molar-refractivity contribution in [1.29, 1.82) is 0 Å². The van der Waals surface area contributed by atoms with Crippen molar-refractivity contribution in [2.45, 2.75) is 6.92 Å². The molecular weight excluding hydrogens is 252 g/mol. The SMILES string of the molecule is CC(=O)Oc1cc2ccccc2cc1-c1ncccn1. The molecule has 0 amide bonds. The molecular formula is C16H12N2O2. The third-order valence-corrected chi connectivity index (χ3v) is 2.91. The summed E-state index contributed by atoms with van der Waals surface area (Å²) < 4.78 is 5.29. The number of carbonyl (C=O) groups excluding carboxylic acids is 1. The van der Waals surface area contributed by atoms with Gasteiger partial charge in [-0.1, -0.05) is 24.3 Å². The van der Waals surface area contributed by atoms with Gasteiger partial charge >= 0.3 is 5.97 Å². The van der Waals surface area contributed by atoms with Gasteiger partial charge < -0.3 is 4.74 Å². The first-order valence-corrected chi connectivity index (χ1v) is 6.22. The molecule has 20 heavy (non-hydrogen) atoms. The number of ether oxygens (including phenoxy) is 1. The average molecular weight is 264 g/mol. The van der Waals surface area contributed by atoms with Crippen LogP contribution in [0.25, 0.3) is 22.2 Å². The Hall–Kier alpha value is -2.75. The van der Waals surface area contributed by atoms with Crippen molar-refractivity contribution in [3.8, 4) is 17.1 Å². The van der Waals surface area contributed by atoms with Gasteiger partial charge in [0, 0.05) is 19.3 Å². The number of fused-ring (bicyclic) bond motifs is 1. The molecule has 0 N–H and O–H groups in total. The van der Waals surface area contributed by atoms with Crippen molar-refractivity contribution < 1.29 is 9.53 Å². The Morgan fingerprint density at radius 2 is 1.65 bits per heavy atom. The van der Waals surface area contributed by atoms with E-state index in [-0.39, 0.29) is 5.97 Å². The summed E-state index contributed by atoms with van der Waals surface area (Å²) in [7, 11) is 0. The molecule has 0 radical (unpaired) electrons. The van der Waals surface area contributed by atoms with E-state index in [2.05, 4.69) is 9.97 Å². The second-order valence-electron chi connectivity index (χ2n) is 4.36. The van der Waals surface area contributed by atoms with Crippen LogP contribution in [0.1, 0.15) is 6.92 Å². The van der Waals surface area contributed by atoms with Crippen LogP contribution >= 0.6 is 0 Å². The van der Waals surface area contributed by atoms with Crippen molar-refractivity contribution in [1.82, 2.24) is 9.97 Å². The summed E-state index contributed by atoms with van der Waals surface area (Å²) in [4.78, 5) is 19.7. The van der Waals surface area contributed by atoms with Crippen LogP contribution in [0.5, 0.6) is 5.75 Å². The highest BCUT2D eigenvalue weighted by atomic mass is 16.5. The van der Waals surface area contributed by atoms with Crippen molar-refractivity contribution in [3.63, 3.8) is 0 Å². The standard InChI is InChI=1S/C16H12N2O2/c1-11(19)20-15-10-13-6-3-2-5-12(13)9-14(15)16-17-7-4-8-18-16/h2-10H,1H3. The highest BCUT2D eigenvalue weighted by Crippen LogP contribution is 2.32. The number of carbonyl (C=O) groups is 1. The molecule has 0 saturated carbocycles. The quantitative estimate of drug-likeness (QED) is 0.526. The Bertz CT molecular complexity index is 770. The molecule has 2 aromatic carbocycles. The van der Waals surface area contributed by atoms with Crippen molar-refractivity contribution >= 4 is 16.7 Å². The van der Waals surface area contributed by atoms with Crippen LogP contribution in [0.15, 0.2) is 54.9 Å². The summed E-state index contributed by atoms with van der Waals surface area (Å²) in [6.45, 7) is 1.38. The van der Waals surface area contributed by atoms with Crippen LogP contribution in [0, 0.1) is 0 Å². The van der Waals surface area contributed by atoms with E-state index >= 15 is 0 Å². The van der Waals surface area contributed by atoms with Gasteiger partial charge in [-0.15, -0.1) is 0 Å². The molecule has 1 aromatic heterocycles. The first-order chi connectivity index (χ1) is 9.74. The maximum atomic E-state index is 11.3. The van der Waals surface area contributed by atoms with E-state index in [4.69, 9.17) is 4.74 Å². The molecule has 98 valence electrons. The van der Waals surface area contributed by atoms with Crippen LogP contribution in [-0.2, 0) is 4.79 Å². The van der Waals surface area contributed by atoms with Gasteiger partial charge in [-0.05, 0) is 29.0 Å². The topological polar surface area (TPSA) is 52.1 Å². The van der Waals surface area contributed by atoms with Crippen molar-refractivity contribution in [3.05, 3.63) is 54.9 Å². The van der Waals surface area contributed by atoms with Gasteiger partial charge in [-0.3, -0.25) is 4.79 Å². The lowest BCUT2D eigenvalue weighted by atomic mass is 10.1. The fourth-order valence-corrected chi connectivity index (χ4v) is 2.07. The molecule has 0 aliphatic carbocycles. The predicted octanol–water partition coefficient (Wildman–Crippen LogP) is 3.22. The third kappa shape index (κ3) is 2.36. The minimum Gasteiger partial charge on any atom is -0.426 e. The molecule has 1 heterocycles. The van der Waals surface area contributed by atoms with Gasteiger partial charge in [0.1, 0.15) is 5.75 Å². The number of esters is 1. The lowest BCUT2D eigenvalue weighted by molar-refractivity contribution is -0.131. The Kier molecular flexibility index (Phi) is 3.13. The largest absolute Gasteiger partial charge is 0.426 e. The second-order valence-corrected chi connectivity index (χ2v) is 4.36. The number of aromatic nitrogens is 2. The summed E-state index contributed by atoms with van der Waals surface area (Å²) in [5.41, 5.74) is 0.708. The van der Waals surface area contributed by atoms with E-state index in [1.807, 2.05) is 36.4 Å². The van der Waals surface area contributed by atoms with Gasteiger partial charge in [-0.2, -0.15) is 0 Å². The number of rotatable bonds is 2. The minimum atomic E-state index is -0.363. The second kappa shape index (κ2) is 5.09. The molecule has 3 rings (SSSR count). The highest BCUT2D eigenvalue weighted by Gasteiger charge is 2.12. The van der Waals surface area contributed by atoms with Crippen LogP contribution in [0.3, 0.4) is 0 Å². The molecule has 4 nitrogen and oxygen atoms in total. The predicted molar refractivity (Wildman–Crippen MR) is 76.3 cm³/mol. The van der Waals surface area contributed by atoms with Crippen LogP contribution in [0.4, 0.5) is 0 Å². The Morgan fingerprint density at radius 3 is 2.30 bits per heavy atom. The van der Waals surface area contributed by atoms with E-state index in [0.717, 1.165) is 10.8 Å². The van der Waals surface area contributed by atoms with Gasteiger partial charge in [0.25, 0.3) is 0 Å². The van der Waals surface area contributed by atoms with Crippen molar-refractivity contribution in [2.75, 3.05) is 0 Å². The molecule has 0 unspecified atom stereocenters. The fourth-order valence-electron chi connectivity index (χ4n) is 2.07. The maximum Gasteiger partial charge on any atom is 0.308 e. The summed E-state index contributed by atoms with van der Waals surface area (Å²) in [6.07, 6.45) is 3.32. The van der Waals surface area contributed by atoms with Gasteiger partial charge in [0.2, 0.25) is 0 Å². The van der Waals surface area contributed by atoms with Crippen LogP contribution in [0.2, 0.25) is 0 Å². The smallest absolute Gasteiger partial charge is 0.308 e. The summed E-state index contributed by atoms with van der Waals surface area (Å²) in [6, 6.07) is 13.4. The summed E-state index contributed by atoms with van der Waals surface area (Å²) in [5, 5.41) is 2.05. The number of nitrogens with zero attached hydrogens (tertiary/aromatic N) is 2. The van der Waals surface area contributed by atoms with E-state index < -0.39 is 0 Å². The zero-order valence-electron chi connectivity index (χ0n) is 10.9. The number of hydrogen-bond acceptors (Lipinski definition) is 4. The zero-order chi connectivity index (χ0) is 13.9. The Morgan fingerprint density at radius 1 is 1.00 bits per heavy atom. The lowest BCUT2D eigenvalue weighted by Gasteiger charge is -2.09. The molecule has 0 aliphatic heterocycles. The van der Waals surface area contributed by atoms with Crippen LogP contribution in [-0.4, -0.2) is 15.9 Å². The number of benzene rings is 2. The van der Waals surface area contributed by atoms with Crippen molar-refractivity contribution in [2.24, 2.45) is 0 Å². The average Bonchev–Trinajstić information content (AvgIpc) is 2.47. The molecule has 3 aromatic rings. The zero-order valence-corrected chi connectivity index (χ0v) is 10.9. The molecule has 0 aliphatic rings. The fraction of sp³-hybridized carbons (Fsp3) is 0.0625. The maximum absolute atomic E-state index is 11.3. The third-order valence-electron chi connectivity index (χ3n) is 2.91. The van der Waals surface area contributed by atoms with Gasteiger partial charge in [0.05, 0.1) is 5.56 Å². The monoisotopic (exact) mass is 264 g/mol. The normalized spacial score (nSPS) is 10.4. The van der Waals surface area contributed by atoms with E-state index in [1.165, 1.54) is 6.92 Å². The number of hydrogen-bond donors (Lipinski definition) is 0. The van der Waals surface area contributed by atoms with Crippen LogP contribution < -0.4 is 4.74 Å². The molecule has 0 bridgehead atoms. The van der Waals surface area contributed by atoms with E-state index in [9.17, 15) is 4.79 Å². The summed E-state index contributed by atoms with van der Waals surface area (Å²) >= 11 is 0. The Labute approximate surface area is 116 Å². The highest BCUT2D eigenvalue weighted by molar-refractivity contribution is 5.90. The summed E-state index contributed by atoms with van der Waals surface area (Å²) in [5.74, 6) is 0.648. The van der Waals surface area contributed by atoms with Gasteiger partial charge in [-0.25, -0.2) is 9.97 Å². The lowest BCUT2D eigenvalue weighted by Crippen LogP contribution is -2.03. The van der Waals surface area contributed by atoms with Gasteiger partial charge in [0.15, 0.2) is 5.82 Å². The molecule has 0 atom stereocenters. The molecule has 0 fully saturated rings. The molecule has 0 saturated heterocycles. The van der Waals surface area contributed by atoms with E-state index in [0.29, 0.717) is 17.1 Å². The first kappa shape index (κ1) is 12.3. The van der Waals surface area contributed by atoms with E-state index in [1.54, 1.807) is 18.5 Å². The molecule has 4 heteroatoms. The minimum absolute atomic E-state index is 0.363. The molecule has 0 spiro atoms.